The minimum atomic E-state index is -1.04. The smallest absolute Gasteiger partial charge is 0.323 e. The van der Waals surface area contributed by atoms with Crippen molar-refractivity contribution in [3.05, 3.63) is 70.2 Å². The van der Waals surface area contributed by atoms with Crippen LogP contribution in [0.2, 0.25) is 0 Å². The molecule has 0 spiro atoms. The van der Waals surface area contributed by atoms with E-state index in [9.17, 15) is 19.5 Å². The molecule has 0 saturated carbocycles. The number of nitrogens with one attached hydrogen (secondary N) is 3. The van der Waals surface area contributed by atoms with Crippen molar-refractivity contribution in [1.29, 1.82) is 0 Å². The number of hydrogen-bond acceptors (Lipinski definition) is 4. The molecular formula is C17H11I2N3O4. The van der Waals surface area contributed by atoms with Crippen LogP contribution in [0.15, 0.2) is 52.1 Å². The van der Waals surface area contributed by atoms with Crippen LogP contribution < -0.4 is 21.6 Å². The predicted molar refractivity (Wildman–Crippen MR) is 117 cm³/mol. The molecule has 0 radical (unpaired) electrons. The number of rotatable bonds is 2. The number of aromatic hydroxyl groups is 1. The van der Waals surface area contributed by atoms with Gasteiger partial charge in [-0.1, -0.05) is 18.2 Å². The van der Waals surface area contributed by atoms with E-state index >= 15 is 0 Å². The lowest BCUT2D eigenvalue weighted by Gasteiger charge is -2.10. The zero-order valence-electron chi connectivity index (χ0n) is 13.0. The number of carbonyl (C=O) groups excluding carboxylic acids is 1. The first-order valence-electron chi connectivity index (χ1n) is 7.29. The Balaban J connectivity index is 2.05. The SMILES string of the molecule is O=C(Nc1c(I)cccc1I)Nc1c(O)c2ccccc2[nH]c(=O)c1=O. The highest BCUT2D eigenvalue weighted by molar-refractivity contribution is 14.1. The van der Waals surface area contributed by atoms with Crippen LogP contribution in [0.4, 0.5) is 16.2 Å². The normalized spacial score (nSPS) is 10.5. The van der Waals surface area contributed by atoms with Crippen molar-refractivity contribution in [2.75, 3.05) is 10.6 Å². The van der Waals surface area contributed by atoms with E-state index in [2.05, 4.69) is 60.8 Å². The number of aromatic nitrogens is 1. The number of para-hydroxylation sites is 2. The van der Waals surface area contributed by atoms with Gasteiger partial charge in [0, 0.05) is 12.5 Å². The number of amides is 2. The Morgan fingerprint density at radius 1 is 0.923 bits per heavy atom. The summed E-state index contributed by atoms with van der Waals surface area (Å²) in [7, 11) is 0. The Bertz CT molecular complexity index is 1120. The van der Waals surface area contributed by atoms with Crippen LogP contribution in [-0.4, -0.2) is 16.1 Å². The van der Waals surface area contributed by atoms with Crippen molar-refractivity contribution in [3.8, 4) is 5.75 Å². The Kier molecular flexibility index (Phi) is 5.46. The fourth-order valence-corrected chi connectivity index (χ4v) is 4.11. The highest BCUT2D eigenvalue weighted by atomic mass is 127. The zero-order chi connectivity index (χ0) is 18.8. The van der Waals surface area contributed by atoms with Gasteiger partial charge in [-0.15, -0.1) is 0 Å². The second-order valence-corrected chi connectivity index (χ2v) is 7.55. The first kappa shape index (κ1) is 18.6. The van der Waals surface area contributed by atoms with Crippen molar-refractivity contribution >= 4 is 73.5 Å². The average molecular weight is 575 g/mol. The highest BCUT2D eigenvalue weighted by Gasteiger charge is 2.16. The van der Waals surface area contributed by atoms with Gasteiger partial charge in [-0.2, -0.15) is 0 Å². The third-order valence-corrected chi connectivity index (χ3v) is 5.34. The third-order valence-electron chi connectivity index (χ3n) is 3.54. The molecule has 1 heterocycles. The molecule has 132 valence electrons. The van der Waals surface area contributed by atoms with Gasteiger partial charge in [-0.25, -0.2) is 4.79 Å². The standard InChI is InChI=1S/C17H11I2N3O4/c18-9-5-3-6-10(19)12(9)21-17(26)22-13-14(23)8-4-1-2-7-11(8)20-16(25)15(13)24/h1-7H,(H4,20,21,22,23,24,25,26). The average Bonchev–Trinajstić information content (AvgIpc) is 2.69. The van der Waals surface area contributed by atoms with Crippen molar-refractivity contribution in [3.63, 3.8) is 0 Å². The van der Waals surface area contributed by atoms with Gasteiger partial charge < -0.3 is 20.7 Å². The van der Waals surface area contributed by atoms with Crippen LogP contribution in [0.25, 0.3) is 10.9 Å². The van der Waals surface area contributed by atoms with Gasteiger partial charge in [-0.3, -0.25) is 9.59 Å². The van der Waals surface area contributed by atoms with Crippen LogP contribution in [0, 0.1) is 7.14 Å². The minimum Gasteiger partial charge on any atom is -0.505 e. The van der Waals surface area contributed by atoms with Crippen LogP contribution in [0.5, 0.6) is 5.75 Å². The lowest BCUT2D eigenvalue weighted by Crippen LogP contribution is -2.30. The Labute approximate surface area is 174 Å². The molecule has 7 nitrogen and oxygen atoms in total. The molecule has 0 aliphatic carbocycles. The lowest BCUT2D eigenvalue weighted by molar-refractivity contribution is 0.262. The molecule has 4 N–H and O–H groups in total. The second-order valence-electron chi connectivity index (χ2n) is 5.23. The van der Waals surface area contributed by atoms with E-state index in [-0.39, 0.29) is 10.9 Å². The first-order chi connectivity index (χ1) is 12.4. The van der Waals surface area contributed by atoms with E-state index in [0.29, 0.717) is 5.69 Å². The summed E-state index contributed by atoms with van der Waals surface area (Å²) >= 11 is 4.14. The monoisotopic (exact) mass is 575 g/mol. The zero-order valence-corrected chi connectivity index (χ0v) is 17.3. The van der Waals surface area contributed by atoms with E-state index in [0.717, 1.165) is 7.14 Å². The maximum atomic E-state index is 12.3. The summed E-state index contributed by atoms with van der Waals surface area (Å²) in [6.07, 6.45) is 0. The molecule has 9 heteroatoms. The van der Waals surface area contributed by atoms with E-state index in [1.165, 1.54) is 6.07 Å². The molecule has 1 aromatic heterocycles. The number of anilines is 2. The van der Waals surface area contributed by atoms with Gasteiger partial charge in [0.25, 0.3) is 11.0 Å². The van der Waals surface area contributed by atoms with Gasteiger partial charge in [0.15, 0.2) is 5.75 Å². The Morgan fingerprint density at radius 3 is 2.23 bits per heavy atom. The van der Waals surface area contributed by atoms with Crippen LogP contribution in [-0.2, 0) is 0 Å². The number of hydrogen-bond donors (Lipinski definition) is 4. The molecule has 0 saturated heterocycles. The molecule has 0 atom stereocenters. The fraction of sp³-hybridized carbons (Fsp3) is 0. The molecule has 2 amide bonds. The molecule has 0 unspecified atom stereocenters. The predicted octanol–water partition coefficient (Wildman–Crippen LogP) is 3.45. The van der Waals surface area contributed by atoms with E-state index in [4.69, 9.17) is 0 Å². The van der Waals surface area contributed by atoms with Gasteiger partial charge in [0.2, 0.25) is 0 Å². The summed E-state index contributed by atoms with van der Waals surface area (Å²) in [6.45, 7) is 0. The molecule has 0 aliphatic heterocycles. The van der Waals surface area contributed by atoms with Crippen molar-refractivity contribution < 1.29 is 9.90 Å². The fourth-order valence-electron chi connectivity index (χ4n) is 2.32. The van der Waals surface area contributed by atoms with E-state index in [1.807, 2.05) is 18.2 Å². The third kappa shape index (κ3) is 3.67. The number of fused-ring (bicyclic) bond motifs is 1. The van der Waals surface area contributed by atoms with E-state index < -0.39 is 28.5 Å². The number of halogens is 2. The van der Waals surface area contributed by atoms with Crippen molar-refractivity contribution in [1.82, 2.24) is 4.98 Å². The number of carbonyl (C=O) groups is 1. The van der Waals surface area contributed by atoms with Crippen LogP contribution in [0.1, 0.15) is 0 Å². The molecule has 2 aromatic carbocycles. The van der Waals surface area contributed by atoms with Gasteiger partial charge in [-0.05, 0) is 69.4 Å². The maximum Gasteiger partial charge on any atom is 0.323 e. The highest BCUT2D eigenvalue weighted by Crippen LogP contribution is 2.28. The summed E-state index contributed by atoms with van der Waals surface area (Å²) in [4.78, 5) is 39.0. The van der Waals surface area contributed by atoms with Crippen LogP contribution >= 0.6 is 45.2 Å². The largest absolute Gasteiger partial charge is 0.505 e. The summed E-state index contributed by atoms with van der Waals surface area (Å²) < 4.78 is 1.61. The second kappa shape index (κ2) is 7.61. The summed E-state index contributed by atoms with van der Waals surface area (Å²) in [6, 6.07) is 11.1. The Hall–Kier alpha value is -2.15. The van der Waals surface area contributed by atoms with Gasteiger partial charge >= 0.3 is 6.03 Å². The summed E-state index contributed by atoms with van der Waals surface area (Å²) in [5.41, 5.74) is -1.61. The minimum absolute atomic E-state index is 0.242. The molecule has 0 fully saturated rings. The van der Waals surface area contributed by atoms with Crippen molar-refractivity contribution in [2.24, 2.45) is 0 Å². The van der Waals surface area contributed by atoms with E-state index in [1.54, 1.807) is 18.2 Å². The number of urea groups is 1. The summed E-state index contributed by atoms with van der Waals surface area (Å²) in [5.74, 6) is -0.475. The quantitative estimate of drug-likeness (QED) is 0.277. The number of aromatic amines is 1. The first-order valence-corrected chi connectivity index (χ1v) is 9.44. The molecule has 3 aromatic rings. The Morgan fingerprint density at radius 2 is 1.54 bits per heavy atom. The number of H-pyrrole nitrogens is 1. The van der Waals surface area contributed by atoms with Crippen molar-refractivity contribution in [2.45, 2.75) is 0 Å². The van der Waals surface area contributed by atoms with Crippen LogP contribution in [0.3, 0.4) is 0 Å². The molecule has 26 heavy (non-hydrogen) atoms. The van der Waals surface area contributed by atoms with Gasteiger partial charge in [0.1, 0.15) is 5.69 Å². The van der Waals surface area contributed by atoms with Gasteiger partial charge in [0.05, 0.1) is 11.2 Å². The lowest BCUT2D eigenvalue weighted by atomic mass is 10.2. The molecule has 0 aliphatic rings. The summed E-state index contributed by atoms with van der Waals surface area (Å²) in [5, 5.41) is 15.6. The maximum absolute atomic E-state index is 12.3. The topological polar surface area (TPSA) is 111 Å². The number of benzene rings is 2. The molecular weight excluding hydrogens is 564 g/mol. The molecule has 0 bridgehead atoms. The molecule has 3 rings (SSSR count).